The molecule has 5 heteroatoms. The van der Waals surface area contributed by atoms with Crippen molar-refractivity contribution in [3.05, 3.63) is 28.9 Å². The van der Waals surface area contributed by atoms with Crippen LogP contribution >= 0.6 is 26.0 Å². The number of halogens is 1. The molecule has 3 nitrogen and oxygen atoms in total. The van der Waals surface area contributed by atoms with Gasteiger partial charge in [0, 0.05) is 15.6 Å². The monoisotopic (exact) mass is 330 g/mol. The Kier molecular flexibility index (Phi) is 4.35. The van der Waals surface area contributed by atoms with Gasteiger partial charge in [0.2, 0.25) is 0 Å². The van der Waals surface area contributed by atoms with Crippen LogP contribution in [-0.2, 0) is 11.5 Å². The van der Waals surface area contributed by atoms with Gasteiger partial charge in [0.15, 0.2) is 0 Å². The number of fused-ring (bicyclic) bond motifs is 1. The fraction of sp³-hybridized carbons (Fsp3) is 0.462. The Morgan fingerprint density at radius 1 is 1.33 bits per heavy atom. The minimum atomic E-state index is -0.474. The van der Waals surface area contributed by atoms with E-state index >= 15 is 0 Å². The average Bonchev–Trinajstić information content (AvgIpc) is 2.65. The molecule has 1 aromatic heterocycles. The first-order valence-electron chi connectivity index (χ1n) is 5.80. The summed E-state index contributed by atoms with van der Waals surface area (Å²) in [7, 11) is -0.474. The lowest BCUT2D eigenvalue weighted by atomic mass is 10.3. The molecule has 18 heavy (non-hydrogen) atoms. The number of hydrogen-bond acceptors (Lipinski definition) is 2. The van der Waals surface area contributed by atoms with Crippen LogP contribution in [0.2, 0.25) is 0 Å². The van der Waals surface area contributed by atoms with Crippen molar-refractivity contribution in [2.45, 2.75) is 6.73 Å². The molecule has 0 amide bonds. The fourth-order valence-electron chi connectivity index (χ4n) is 1.62. The molecule has 0 N–H and O–H groups in total. The van der Waals surface area contributed by atoms with Crippen molar-refractivity contribution in [2.24, 2.45) is 0 Å². The van der Waals surface area contributed by atoms with E-state index in [1.807, 2.05) is 16.9 Å². The van der Waals surface area contributed by atoms with Gasteiger partial charge in [0.25, 0.3) is 0 Å². The highest BCUT2D eigenvalue weighted by Crippen LogP contribution is 2.33. The standard InChI is InChI=1S/C13H19BrN2OS/c1-18(2,3)7-6-17-10-16-13-5-4-12(14)8-11(13)9-15-16/h4-5,8-9H,6-7,10H2,1-3H3. The Morgan fingerprint density at radius 2 is 2.11 bits per heavy atom. The van der Waals surface area contributed by atoms with Crippen molar-refractivity contribution in [3.63, 3.8) is 0 Å². The minimum absolute atomic E-state index is 0.474. The highest BCUT2D eigenvalue weighted by Gasteiger charge is 2.05. The van der Waals surface area contributed by atoms with E-state index in [9.17, 15) is 0 Å². The zero-order valence-electron chi connectivity index (χ0n) is 11.0. The van der Waals surface area contributed by atoms with Gasteiger partial charge < -0.3 is 4.74 Å². The normalized spacial score (nSPS) is 13.1. The molecule has 0 atom stereocenters. The van der Waals surface area contributed by atoms with Crippen LogP contribution in [0, 0.1) is 0 Å². The second kappa shape index (κ2) is 5.63. The van der Waals surface area contributed by atoms with Gasteiger partial charge in [-0.2, -0.15) is 5.10 Å². The zero-order chi connectivity index (χ0) is 13.2. The number of ether oxygens (including phenoxy) is 1. The largest absolute Gasteiger partial charge is 0.358 e. The van der Waals surface area contributed by atoms with E-state index in [0.717, 1.165) is 27.7 Å². The SMILES string of the molecule is CS(C)(C)CCOCn1ncc2cc(Br)ccc21. The Balaban J connectivity index is 1.96. The highest BCUT2D eigenvalue weighted by atomic mass is 79.9. The Bertz CT molecular complexity index is 533. The van der Waals surface area contributed by atoms with Gasteiger partial charge in [-0.1, -0.05) is 15.9 Å². The summed E-state index contributed by atoms with van der Waals surface area (Å²) in [6, 6.07) is 6.16. The van der Waals surface area contributed by atoms with Crippen LogP contribution in [0.15, 0.2) is 28.9 Å². The van der Waals surface area contributed by atoms with E-state index in [-0.39, 0.29) is 0 Å². The van der Waals surface area contributed by atoms with E-state index in [1.54, 1.807) is 0 Å². The molecule has 0 fully saturated rings. The van der Waals surface area contributed by atoms with Crippen molar-refractivity contribution < 1.29 is 4.74 Å². The van der Waals surface area contributed by atoms with E-state index < -0.39 is 10.0 Å². The summed E-state index contributed by atoms with van der Waals surface area (Å²) in [6.45, 7) is 1.33. The molecule has 0 unspecified atom stereocenters. The van der Waals surface area contributed by atoms with Crippen molar-refractivity contribution in [1.82, 2.24) is 9.78 Å². The molecule has 0 bridgehead atoms. The molecule has 0 spiro atoms. The minimum Gasteiger partial charge on any atom is -0.358 e. The van der Waals surface area contributed by atoms with Gasteiger partial charge in [-0.05, 0) is 37.0 Å². The Hall–Kier alpha value is -0.520. The van der Waals surface area contributed by atoms with Crippen molar-refractivity contribution in [1.29, 1.82) is 0 Å². The van der Waals surface area contributed by atoms with E-state index in [1.165, 1.54) is 0 Å². The first-order valence-corrected chi connectivity index (χ1v) is 9.62. The van der Waals surface area contributed by atoms with Crippen molar-refractivity contribution in [2.75, 3.05) is 31.1 Å². The van der Waals surface area contributed by atoms with E-state index in [2.05, 4.69) is 51.9 Å². The van der Waals surface area contributed by atoms with Crippen LogP contribution in [0.3, 0.4) is 0 Å². The molecule has 100 valence electrons. The van der Waals surface area contributed by atoms with Gasteiger partial charge in [-0.3, -0.25) is 0 Å². The summed E-state index contributed by atoms with van der Waals surface area (Å²) in [5.74, 6) is 1.14. The molecule has 0 aliphatic rings. The van der Waals surface area contributed by atoms with Gasteiger partial charge in [-0.25, -0.2) is 14.7 Å². The molecule has 1 aromatic carbocycles. The molecular formula is C13H19BrN2OS. The third kappa shape index (κ3) is 3.73. The first-order chi connectivity index (χ1) is 8.46. The van der Waals surface area contributed by atoms with Crippen LogP contribution < -0.4 is 0 Å². The lowest BCUT2D eigenvalue weighted by molar-refractivity contribution is 0.0841. The zero-order valence-corrected chi connectivity index (χ0v) is 13.4. The van der Waals surface area contributed by atoms with E-state index in [4.69, 9.17) is 4.74 Å². The molecule has 2 rings (SSSR count). The number of aromatic nitrogens is 2. The maximum absolute atomic E-state index is 5.70. The maximum atomic E-state index is 5.70. The van der Waals surface area contributed by atoms with Gasteiger partial charge >= 0.3 is 0 Å². The molecule has 0 aliphatic carbocycles. The van der Waals surface area contributed by atoms with Gasteiger partial charge in [0.05, 0.1) is 18.3 Å². The van der Waals surface area contributed by atoms with Crippen LogP contribution in [0.25, 0.3) is 10.9 Å². The lowest BCUT2D eigenvalue weighted by Gasteiger charge is -2.24. The smallest absolute Gasteiger partial charge is 0.140 e. The summed E-state index contributed by atoms with van der Waals surface area (Å²) in [5, 5.41) is 5.48. The third-order valence-corrected chi connectivity index (χ3v) is 4.54. The van der Waals surface area contributed by atoms with E-state index in [0.29, 0.717) is 6.73 Å². The molecule has 0 aliphatic heterocycles. The maximum Gasteiger partial charge on any atom is 0.140 e. The second-order valence-corrected chi connectivity index (χ2v) is 10.7. The van der Waals surface area contributed by atoms with Crippen LogP contribution in [0.4, 0.5) is 0 Å². The van der Waals surface area contributed by atoms with Gasteiger partial charge in [0.1, 0.15) is 6.73 Å². The van der Waals surface area contributed by atoms with Crippen molar-refractivity contribution in [3.8, 4) is 0 Å². The van der Waals surface area contributed by atoms with Gasteiger partial charge in [-0.15, -0.1) is 0 Å². The number of benzene rings is 1. The summed E-state index contributed by atoms with van der Waals surface area (Å²) < 4.78 is 8.68. The Labute approximate surface area is 118 Å². The molecule has 0 radical (unpaired) electrons. The number of rotatable bonds is 5. The molecular weight excluding hydrogens is 312 g/mol. The van der Waals surface area contributed by atoms with Crippen LogP contribution in [0.1, 0.15) is 0 Å². The number of hydrogen-bond donors (Lipinski definition) is 0. The van der Waals surface area contributed by atoms with Crippen LogP contribution in [-0.4, -0.2) is 40.9 Å². The predicted octanol–water partition coefficient (Wildman–Crippen LogP) is 3.47. The summed E-state index contributed by atoms with van der Waals surface area (Å²) >= 11 is 3.46. The predicted molar refractivity (Wildman–Crippen MR) is 83.6 cm³/mol. The van der Waals surface area contributed by atoms with Crippen LogP contribution in [0.5, 0.6) is 0 Å². The molecule has 0 saturated carbocycles. The topological polar surface area (TPSA) is 27.1 Å². The van der Waals surface area contributed by atoms with Crippen molar-refractivity contribution >= 4 is 36.9 Å². The molecule has 2 aromatic rings. The molecule has 1 heterocycles. The second-order valence-electron chi connectivity index (χ2n) is 5.18. The highest BCUT2D eigenvalue weighted by molar-refractivity contribution is 9.10. The number of nitrogens with zero attached hydrogens (tertiary/aromatic N) is 2. The summed E-state index contributed by atoms with van der Waals surface area (Å²) in [5.41, 5.74) is 1.11. The average molecular weight is 331 g/mol. The quantitative estimate of drug-likeness (QED) is 0.785. The third-order valence-electron chi connectivity index (χ3n) is 2.66. The Morgan fingerprint density at radius 3 is 2.83 bits per heavy atom. The fourth-order valence-corrected chi connectivity index (χ4v) is 2.62. The summed E-state index contributed by atoms with van der Waals surface area (Å²) in [4.78, 5) is 0. The first kappa shape index (κ1) is 13.9. The molecule has 0 saturated heterocycles. The lowest BCUT2D eigenvalue weighted by Crippen LogP contribution is -2.10. The summed E-state index contributed by atoms with van der Waals surface area (Å²) in [6.07, 6.45) is 8.78.